The van der Waals surface area contributed by atoms with Crippen LogP contribution in [0, 0.1) is 0 Å². The van der Waals surface area contributed by atoms with Crippen molar-refractivity contribution in [3.8, 4) is 0 Å². The van der Waals surface area contributed by atoms with Gasteiger partial charge in [-0.05, 0) is 43.5 Å². The second-order valence-electron chi connectivity index (χ2n) is 4.41. The fourth-order valence-corrected chi connectivity index (χ4v) is 3.92. The molecule has 0 aliphatic carbocycles. The minimum Gasteiger partial charge on any atom is -0.399 e. The third kappa shape index (κ3) is 7.74. The number of nitrogens with two attached hydrogens (primary N) is 1. The number of nitrogen functional groups attached to an aromatic ring is 1. The molecular formula is C13H22N2O3S2. The van der Waals surface area contributed by atoms with Gasteiger partial charge in [0.25, 0.3) is 0 Å². The zero-order chi connectivity index (χ0) is 14.8. The number of benzene rings is 1. The summed E-state index contributed by atoms with van der Waals surface area (Å²) in [6.07, 6.45) is 2.30. The number of sulfonamides is 1. The molecule has 0 bridgehead atoms. The van der Waals surface area contributed by atoms with E-state index < -0.39 is 10.0 Å². The summed E-state index contributed by atoms with van der Waals surface area (Å²) in [7, 11) is -3.21. The van der Waals surface area contributed by atoms with Crippen molar-refractivity contribution >= 4 is 27.5 Å². The Bertz CT molecular complexity index is 475. The van der Waals surface area contributed by atoms with Crippen LogP contribution in [0.5, 0.6) is 0 Å². The first-order valence-electron chi connectivity index (χ1n) is 6.60. The smallest absolute Gasteiger partial charge is 0.212 e. The van der Waals surface area contributed by atoms with Gasteiger partial charge < -0.3 is 10.8 Å². The monoisotopic (exact) mass is 318 g/mol. The average Bonchev–Trinajstić information content (AvgIpc) is 2.40. The van der Waals surface area contributed by atoms with Crippen LogP contribution < -0.4 is 10.5 Å². The van der Waals surface area contributed by atoms with Crippen LogP contribution in [-0.4, -0.2) is 38.2 Å². The van der Waals surface area contributed by atoms with Gasteiger partial charge in [0.15, 0.2) is 0 Å². The maximum atomic E-state index is 11.7. The summed E-state index contributed by atoms with van der Waals surface area (Å²) in [5.74, 6) is 0.609. The molecule has 0 spiro atoms. The molecule has 0 saturated heterocycles. The predicted molar refractivity (Wildman–Crippen MR) is 84.3 cm³/mol. The fourth-order valence-electron chi connectivity index (χ4n) is 1.55. The predicted octanol–water partition coefficient (Wildman–Crippen LogP) is 1.44. The summed E-state index contributed by atoms with van der Waals surface area (Å²) >= 11 is 1.50. The van der Waals surface area contributed by atoms with Gasteiger partial charge in [0, 0.05) is 29.5 Å². The van der Waals surface area contributed by atoms with Crippen molar-refractivity contribution in [3.63, 3.8) is 0 Å². The summed E-state index contributed by atoms with van der Waals surface area (Å²) < 4.78 is 26.0. The Hall–Kier alpha value is -0.760. The number of aliphatic hydroxyl groups excluding tert-OH is 1. The number of nitrogens with one attached hydrogen (secondary N) is 1. The molecule has 0 aliphatic heterocycles. The lowest BCUT2D eigenvalue weighted by atomic mass is 10.2. The van der Waals surface area contributed by atoms with Crippen molar-refractivity contribution in [1.29, 1.82) is 0 Å². The third-order valence-electron chi connectivity index (χ3n) is 2.66. The first-order chi connectivity index (χ1) is 9.53. The molecule has 7 heteroatoms. The van der Waals surface area contributed by atoms with E-state index in [9.17, 15) is 8.42 Å². The average molecular weight is 318 g/mol. The third-order valence-corrected chi connectivity index (χ3v) is 5.32. The highest BCUT2D eigenvalue weighted by Crippen LogP contribution is 2.19. The number of anilines is 1. The van der Waals surface area contributed by atoms with Gasteiger partial charge in [0.1, 0.15) is 0 Å². The molecule has 0 heterocycles. The molecule has 0 unspecified atom stereocenters. The van der Waals surface area contributed by atoms with Gasteiger partial charge in [-0.2, -0.15) is 0 Å². The SMILES string of the molecule is Nc1ccc(SCCS(=O)(=O)NCCCCCO)cc1. The Morgan fingerprint density at radius 2 is 1.85 bits per heavy atom. The fraction of sp³-hybridized carbons (Fsp3) is 0.538. The minimum absolute atomic E-state index is 0.0992. The van der Waals surface area contributed by atoms with Gasteiger partial charge >= 0.3 is 0 Å². The van der Waals surface area contributed by atoms with Crippen molar-refractivity contribution < 1.29 is 13.5 Å². The molecule has 1 aromatic rings. The number of unbranched alkanes of at least 4 members (excludes halogenated alkanes) is 2. The highest BCUT2D eigenvalue weighted by molar-refractivity contribution is 8.00. The summed E-state index contributed by atoms with van der Waals surface area (Å²) in [6.45, 7) is 0.597. The second kappa shape index (κ2) is 9.23. The number of rotatable bonds is 10. The Balaban J connectivity index is 2.20. The standard InChI is InChI=1S/C13H22N2O3S2/c14-12-4-6-13(7-5-12)19-10-11-20(17,18)15-8-2-1-3-9-16/h4-7,15-16H,1-3,8-11,14H2. The Labute approximate surface area is 125 Å². The second-order valence-corrected chi connectivity index (χ2v) is 7.51. The molecule has 5 nitrogen and oxygen atoms in total. The van der Waals surface area contributed by atoms with Crippen LogP contribution in [-0.2, 0) is 10.0 Å². The number of hydrogen-bond acceptors (Lipinski definition) is 5. The lowest BCUT2D eigenvalue weighted by Crippen LogP contribution is -2.28. The van der Waals surface area contributed by atoms with Gasteiger partial charge in [0.05, 0.1) is 5.75 Å². The molecule has 0 radical (unpaired) electrons. The summed E-state index contributed by atoms with van der Waals surface area (Å²) in [4.78, 5) is 1.01. The molecule has 0 aliphatic rings. The van der Waals surface area contributed by atoms with Crippen molar-refractivity contribution in [3.05, 3.63) is 24.3 Å². The van der Waals surface area contributed by atoms with Gasteiger partial charge in [-0.15, -0.1) is 11.8 Å². The number of hydrogen-bond donors (Lipinski definition) is 3. The molecular weight excluding hydrogens is 296 g/mol. The normalized spacial score (nSPS) is 11.7. The van der Waals surface area contributed by atoms with E-state index in [1.54, 1.807) is 12.1 Å². The Morgan fingerprint density at radius 1 is 1.15 bits per heavy atom. The summed E-state index contributed by atoms with van der Waals surface area (Å²) in [5, 5.41) is 8.62. The number of thioether (sulfide) groups is 1. The van der Waals surface area contributed by atoms with E-state index in [1.165, 1.54) is 11.8 Å². The molecule has 0 amide bonds. The largest absolute Gasteiger partial charge is 0.399 e. The molecule has 4 N–H and O–H groups in total. The first-order valence-corrected chi connectivity index (χ1v) is 9.24. The van der Waals surface area contributed by atoms with Crippen molar-refractivity contribution in [1.82, 2.24) is 4.72 Å². The lowest BCUT2D eigenvalue weighted by molar-refractivity contribution is 0.283. The van der Waals surface area contributed by atoms with Crippen LogP contribution in [0.4, 0.5) is 5.69 Å². The number of aliphatic hydroxyl groups is 1. The molecule has 0 atom stereocenters. The van der Waals surface area contributed by atoms with Gasteiger partial charge in [-0.3, -0.25) is 0 Å². The van der Waals surface area contributed by atoms with Crippen molar-refractivity contribution in [2.45, 2.75) is 24.2 Å². The van der Waals surface area contributed by atoms with E-state index in [0.717, 1.165) is 17.7 Å². The quantitative estimate of drug-likeness (QED) is 0.345. The van der Waals surface area contributed by atoms with Crippen LogP contribution in [0.2, 0.25) is 0 Å². The van der Waals surface area contributed by atoms with Gasteiger partial charge in [-0.1, -0.05) is 0 Å². The van der Waals surface area contributed by atoms with Crippen molar-refractivity contribution in [2.75, 3.05) is 30.4 Å². The molecule has 114 valence electrons. The van der Waals surface area contributed by atoms with E-state index in [1.807, 2.05) is 12.1 Å². The van der Waals surface area contributed by atoms with E-state index in [0.29, 0.717) is 24.4 Å². The topological polar surface area (TPSA) is 92.4 Å². The highest BCUT2D eigenvalue weighted by atomic mass is 32.2. The van der Waals surface area contributed by atoms with E-state index in [2.05, 4.69) is 4.72 Å². The van der Waals surface area contributed by atoms with E-state index >= 15 is 0 Å². The molecule has 1 rings (SSSR count). The molecule has 0 saturated carbocycles. The minimum atomic E-state index is -3.21. The molecule has 0 aromatic heterocycles. The Morgan fingerprint density at radius 3 is 2.50 bits per heavy atom. The maximum Gasteiger partial charge on any atom is 0.212 e. The van der Waals surface area contributed by atoms with Crippen molar-refractivity contribution in [2.24, 2.45) is 0 Å². The van der Waals surface area contributed by atoms with Crippen LogP contribution in [0.15, 0.2) is 29.2 Å². The van der Waals surface area contributed by atoms with Gasteiger partial charge in [-0.25, -0.2) is 13.1 Å². The summed E-state index contributed by atoms with van der Waals surface area (Å²) in [5.41, 5.74) is 6.28. The maximum absolute atomic E-state index is 11.7. The Kier molecular flexibility index (Phi) is 7.98. The van der Waals surface area contributed by atoms with Crippen LogP contribution in [0.1, 0.15) is 19.3 Å². The van der Waals surface area contributed by atoms with Gasteiger partial charge in [0.2, 0.25) is 10.0 Å². The zero-order valence-electron chi connectivity index (χ0n) is 11.4. The first kappa shape index (κ1) is 17.3. The molecule has 0 fully saturated rings. The summed E-state index contributed by atoms with van der Waals surface area (Å²) in [6, 6.07) is 7.37. The highest BCUT2D eigenvalue weighted by Gasteiger charge is 2.09. The van der Waals surface area contributed by atoms with Crippen LogP contribution in [0.25, 0.3) is 0 Å². The zero-order valence-corrected chi connectivity index (χ0v) is 13.0. The molecule has 20 heavy (non-hydrogen) atoms. The van der Waals surface area contributed by atoms with E-state index in [4.69, 9.17) is 10.8 Å². The van der Waals surface area contributed by atoms with Crippen LogP contribution in [0.3, 0.4) is 0 Å². The van der Waals surface area contributed by atoms with E-state index in [-0.39, 0.29) is 12.4 Å². The molecule has 1 aromatic carbocycles. The van der Waals surface area contributed by atoms with Crippen LogP contribution >= 0.6 is 11.8 Å². The lowest BCUT2D eigenvalue weighted by Gasteiger charge is -2.06.